The highest BCUT2D eigenvalue weighted by Gasteiger charge is 2.21. The molecule has 0 unspecified atom stereocenters. The fourth-order valence-electron chi connectivity index (χ4n) is 3.48. The van der Waals surface area contributed by atoms with Gasteiger partial charge in [0.25, 0.3) is 0 Å². The van der Waals surface area contributed by atoms with Gasteiger partial charge in [0, 0.05) is 38.1 Å². The maximum absolute atomic E-state index is 13.5. The highest BCUT2D eigenvalue weighted by Crippen LogP contribution is 2.26. The molecule has 1 N–H and O–H groups in total. The standard InChI is InChI=1S/C21H18ClFN8/c22-15-11-14(4-5-16(15)23)28-20-19-17(26-13-27-20)12-25-21(29-19)31-9-7-30(8-10-31)18-3-1-2-6-24-18/h1-6,11-13H,7-10H2,(H,26,27,28). The summed E-state index contributed by atoms with van der Waals surface area (Å²) in [6, 6.07) is 10.3. The minimum Gasteiger partial charge on any atom is -0.353 e. The minimum atomic E-state index is -0.478. The third kappa shape index (κ3) is 4.04. The quantitative estimate of drug-likeness (QED) is 0.518. The van der Waals surface area contributed by atoms with Crippen LogP contribution in [0.4, 0.5) is 27.7 Å². The zero-order valence-corrected chi connectivity index (χ0v) is 17.2. The summed E-state index contributed by atoms with van der Waals surface area (Å²) in [6.45, 7) is 3.18. The van der Waals surface area contributed by atoms with Crippen molar-refractivity contribution in [2.24, 2.45) is 0 Å². The van der Waals surface area contributed by atoms with Gasteiger partial charge >= 0.3 is 0 Å². The van der Waals surface area contributed by atoms with Crippen molar-refractivity contribution in [3.63, 3.8) is 0 Å². The van der Waals surface area contributed by atoms with Gasteiger partial charge in [-0.2, -0.15) is 0 Å². The van der Waals surface area contributed by atoms with Crippen LogP contribution in [0.1, 0.15) is 0 Å². The normalized spacial score (nSPS) is 14.1. The molecule has 1 fully saturated rings. The Labute approximate surface area is 182 Å². The number of fused-ring (bicyclic) bond motifs is 1. The molecule has 1 saturated heterocycles. The molecule has 0 amide bonds. The molecule has 0 atom stereocenters. The van der Waals surface area contributed by atoms with E-state index in [0.29, 0.717) is 28.5 Å². The van der Waals surface area contributed by atoms with Gasteiger partial charge in [-0.1, -0.05) is 17.7 Å². The molecule has 156 valence electrons. The molecule has 8 nitrogen and oxygen atoms in total. The van der Waals surface area contributed by atoms with Crippen molar-refractivity contribution < 1.29 is 4.39 Å². The van der Waals surface area contributed by atoms with E-state index in [1.54, 1.807) is 18.5 Å². The number of rotatable bonds is 4. The largest absolute Gasteiger partial charge is 0.353 e. The van der Waals surface area contributed by atoms with Crippen LogP contribution in [0.2, 0.25) is 5.02 Å². The van der Waals surface area contributed by atoms with E-state index in [9.17, 15) is 4.39 Å². The molecule has 0 radical (unpaired) electrons. The van der Waals surface area contributed by atoms with Gasteiger partial charge in [-0.05, 0) is 30.3 Å². The van der Waals surface area contributed by atoms with Gasteiger partial charge in [0.1, 0.15) is 29.0 Å². The topological polar surface area (TPSA) is 83.0 Å². The van der Waals surface area contributed by atoms with E-state index < -0.39 is 5.82 Å². The van der Waals surface area contributed by atoms with Crippen LogP contribution in [-0.2, 0) is 0 Å². The first-order valence-corrected chi connectivity index (χ1v) is 10.2. The van der Waals surface area contributed by atoms with Crippen LogP contribution in [0.5, 0.6) is 0 Å². The van der Waals surface area contributed by atoms with Crippen molar-refractivity contribution in [3.8, 4) is 0 Å². The molecule has 10 heteroatoms. The molecular weight excluding hydrogens is 419 g/mol. The second kappa shape index (κ2) is 8.27. The Hall–Kier alpha value is -3.59. The molecule has 0 bridgehead atoms. The second-order valence-corrected chi connectivity index (χ2v) is 7.45. The summed E-state index contributed by atoms with van der Waals surface area (Å²) in [7, 11) is 0. The summed E-state index contributed by atoms with van der Waals surface area (Å²) in [5.74, 6) is 1.61. The number of pyridine rings is 1. The van der Waals surface area contributed by atoms with E-state index in [0.717, 1.165) is 32.0 Å². The maximum Gasteiger partial charge on any atom is 0.226 e. The van der Waals surface area contributed by atoms with Crippen LogP contribution >= 0.6 is 11.6 Å². The van der Waals surface area contributed by atoms with Crippen LogP contribution in [0.25, 0.3) is 11.0 Å². The van der Waals surface area contributed by atoms with E-state index in [1.807, 2.05) is 18.2 Å². The van der Waals surface area contributed by atoms with Crippen molar-refractivity contribution >= 4 is 45.9 Å². The molecule has 0 aliphatic carbocycles. The van der Waals surface area contributed by atoms with Gasteiger partial charge in [0.15, 0.2) is 5.82 Å². The molecule has 5 rings (SSSR count). The molecule has 1 aromatic carbocycles. The number of nitrogens with one attached hydrogen (secondary N) is 1. The highest BCUT2D eigenvalue weighted by atomic mass is 35.5. The maximum atomic E-state index is 13.5. The van der Waals surface area contributed by atoms with E-state index in [-0.39, 0.29) is 5.02 Å². The molecule has 3 aromatic heterocycles. The monoisotopic (exact) mass is 436 g/mol. The number of piperazine rings is 1. The van der Waals surface area contributed by atoms with Crippen LogP contribution in [-0.4, -0.2) is 51.1 Å². The number of hydrogen-bond donors (Lipinski definition) is 1. The number of hydrogen-bond acceptors (Lipinski definition) is 8. The van der Waals surface area contributed by atoms with E-state index >= 15 is 0 Å². The Morgan fingerprint density at radius 1 is 0.935 bits per heavy atom. The average Bonchev–Trinajstić information content (AvgIpc) is 2.82. The summed E-state index contributed by atoms with van der Waals surface area (Å²) in [5, 5.41) is 3.18. The molecule has 31 heavy (non-hydrogen) atoms. The molecule has 0 spiro atoms. The van der Waals surface area contributed by atoms with Crippen LogP contribution in [0, 0.1) is 5.82 Å². The molecule has 1 aliphatic heterocycles. The number of anilines is 4. The Morgan fingerprint density at radius 2 is 1.77 bits per heavy atom. The van der Waals surface area contributed by atoms with Crippen molar-refractivity contribution in [2.45, 2.75) is 0 Å². The third-order valence-electron chi connectivity index (χ3n) is 5.08. The first-order valence-electron chi connectivity index (χ1n) is 9.78. The highest BCUT2D eigenvalue weighted by molar-refractivity contribution is 6.31. The van der Waals surface area contributed by atoms with Crippen molar-refractivity contribution in [1.82, 2.24) is 24.9 Å². The second-order valence-electron chi connectivity index (χ2n) is 7.04. The van der Waals surface area contributed by atoms with Crippen molar-refractivity contribution in [2.75, 3.05) is 41.3 Å². The first-order chi connectivity index (χ1) is 15.2. The average molecular weight is 437 g/mol. The molecule has 4 aromatic rings. The van der Waals surface area contributed by atoms with Gasteiger partial charge in [0.05, 0.1) is 11.2 Å². The molecule has 0 saturated carbocycles. The van der Waals surface area contributed by atoms with Gasteiger partial charge in [-0.25, -0.2) is 29.3 Å². The lowest BCUT2D eigenvalue weighted by Gasteiger charge is -2.35. The van der Waals surface area contributed by atoms with E-state index in [1.165, 1.54) is 18.5 Å². The Balaban J connectivity index is 1.38. The van der Waals surface area contributed by atoms with Crippen molar-refractivity contribution in [1.29, 1.82) is 0 Å². The lowest BCUT2D eigenvalue weighted by molar-refractivity contribution is 0.628. The summed E-state index contributed by atoms with van der Waals surface area (Å²) < 4.78 is 13.5. The fraction of sp³-hybridized carbons (Fsp3) is 0.190. The van der Waals surface area contributed by atoms with Crippen LogP contribution in [0.15, 0.2) is 55.1 Å². The zero-order chi connectivity index (χ0) is 21.2. The zero-order valence-electron chi connectivity index (χ0n) is 16.4. The predicted octanol–water partition coefficient (Wildman–Crippen LogP) is 3.68. The Morgan fingerprint density at radius 3 is 2.55 bits per heavy atom. The number of aromatic nitrogens is 5. The number of halogens is 2. The lowest BCUT2D eigenvalue weighted by atomic mass is 10.3. The van der Waals surface area contributed by atoms with Crippen LogP contribution < -0.4 is 15.1 Å². The van der Waals surface area contributed by atoms with E-state index in [2.05, 4.69) is 35.1 Å². The molecule has 1 aliphatic rings. The van der Waals surface area contributed by atoms with Gasteiger partial charge in [-0.15, -0.1) is 0 Å². The number of benzene rings is 1. The predicted molar refractivity (Wildman–Crippen MR) is 118 cm³/mol. The first kappa shape index (κ1) is 19.4. The summed E-state index contributed by atoms with van der Waals surface area (Å²) >= 11 is 5.89. The Kier molecular flexibility index (Phi) is 5.17. The van der Waals surface area contributed by atoms with Gasteiger partial charge in [-0.3, -0.25) is 0 Å². The lowest BCUT2D eigenvalue weighted by Crippen LogP contribution is -2.47. The summed E-state index contributed by atoms with van der Waals surface area (Å²) in [4.78, 5) is 26.6. The molecular formula is C21H18ClFN8. The fourth-order valence-corrected chi connectivity index (χ4v) is 3.66. The van der Waals surface area contributed by atoms with Crippen molar-refractivity contribution in [3.05, 3.63) is 66.0 Å². The third-order valence-corrected chi connectivity index (χ3v) is 5.37. The summed E-state index contributed by atoms with van der Waals surface area (Å²) in [5.41, 5.74) is 1.80. The van der Waals surface area contributed by atoms with E-state index in [4.69, 9.17) is 16.6 Å². The summed E-state index contributed by atoms with van der Waals surface area (Å²) in [6.07, 6.45) is 4.93. The number of nitrogens with zero attached hydrogens (tertiary/aromatic N) is 7. The SMILES string of the molecule is Fc1ccc(Nc2ncnc3cnc(N4CCN(c5ccccn5)CC4)nc23)cc1Cl. The minimum absolute atomic E-state index is 0.0319. The Bertz CT molecular complexity index is 1210. The smallest absolute Gasteiger partial charge is 0.226 e. The molecule has 4 heterocycles. The van der Waals surface area contributed by atoms with Gasteiger partial charge in [0.2, 0.25) is 5.95 Å². The van der Waals surface area contributed by atoms with Crippen LogP contribution in [0.3, 0.4) is 0 Å². The van der Waals surface area contributed by atoms with Gasteiger partial charge < -0.3 is 15.1 Å².